The predicted octanol–water partition coefficient (Wildman–Crippen LogP) is 1.00. The first-order chi connectivity index (χ1) is 12.4. The lowest BCUT2D eigenvalue weighted by Gasteiger charge is -2.35. The third-order valence-electron chi connectivity index (χ3n) is 5.02. The molecule has 0 atom stereocenters. The summed E-state index contributed by atoms with van der Waals surface area (Å²) in [5.41, 5.74) is 2.92. The average molecular weight is 358 g/mol. The van der Waals surface area contributed by atoms with Crippen molar-refractivity contribution in [1.29, 1.82) is 0 Å². The maximum Gasteiger partial charge on any atom is 0.252 e. The monoisotopic (exact) mass is 358 g/mol. The molecular weight excluding hydrogens is 332 g/mol. The SMILES string of the molecule is Cc1nc2ncnn2c(C)c1CCC(=O)N1CCN(C(=O)C(C)C)CC1. The maximum atomic E-state index is 12.6. The summed E-state index contributed by atoms with van der Waals surface area (Å²) in [6, 6.07) is 0. The number of fused-ring (bicyclic) bond motifs is 1. The van der Waals surface area contributed by atoms with Crippen molar-refractivity contribution in [2.45, 2.75) is 40.5 Å². The van der Waals surface area contributed by atoms with E-state index in [-0.39, 0.29) is 17.7 Å². The summed E-state index contributed by atoms with van der Waals surface area (Å²) in [6.07, 6.45) is 2.55. The summed E-state index contributed by atoms with van der Waals surface area (Å²) in [6.45, 7) is 10.2. The number of amides is 2. The first-order valence-electron chi connectivity index (χ1n) is 9.11. The third kappa shape index (κ3) is 3.54. The smallest absolute Gasteiger partial charge is 0.252 e. The van der Waals surface area contributed by atoms with Gasteiger partial charge in [-0.05, 0) is 25.8 Å². The van der Waals surface area contributed by atoms with Crippen LogP contribution in [-0.4, -0.2) is 67.4 Å². The molecular formula is C18H26N6O2. The molecule has 0 N–H and O–H groups in total. The minimum absolute atomic E-state index is 0.00223. The van der Waals surface area contributed by atoms with Crippen molar-refractivity contribution in [3.8, 4) is 0 Å². The Hall–Kier alpha value is -2.51. The van der Waals surface area contributed by atoms with Crippen LogP contribution in [0, 0.1) is 19.8 Å². The van der Waals surface area contributed by atoms with E-state index in [1.54, 1.807) is 4.52 Å². The van der Waals surface area contributed by atoms with Gasteiger partial charge in [0.15, 0.2) is 0 Å². The van der Waals surface area contributed by atoms with Crippen LogP contribution >= 0.6 is 0 Å². The average Bonchev–Trinajstić information content (AvgIpc) is 3.09. The highest BCUT2D eigenvalue weighted by Crippen LogP contribution is 2.16. The van der Waals surface area contributed by atoms with Gasteiger partial charge in [-0.1, -0.05) is 13.8 Å². The zero-order valence-corrected chi connectivity index (χ0v) is 15.9. The van der Waals surface area contributed by atoms with Gasteiger partial charge in [-0.15, -0.1) is 0 Å². The van der Waals surface area contributed by atoms with Crippen molar-refractivity contribution in [3.63, 3.8) is 0 Å². The van der Waals surface area contributed by atoms with E-state index < -0.39 is 0 Å². The van der Waals surface area contributed by atoms with Crippen molar-refractivity contribution in [2.24, 2.45) is 5.92 Å². The number of carbonyl (C=O) groups is 2. The van der Waals surface area contributed by atoms with E-state index >= 15 is 0 Å². The Morgan fingerprint density at radius 2 is 1.77 bits per heavy atom. The van der Waals surface area contributed by atoms with Gasteiger partial charge in [0, 0.05) is 49.9 Å². The predicted molar refractivity (Wildman–Crippen MR) is 96.6 cm³/mol. The quantitative estimate of drug-likeness (QED) is 0.814. The Kier molecular flexibility index (Phi) is 5.20. The van der Waals surface area contributed by atoms with Gasteiger partial charge in [0.2, 0.25) is 11.8 Å². The van der Waals surface area contributed by atoms with E-state index in [4.69, 9.17) is 0 Å². The normalized spacial score (nSPS) is 15.1. The molecule has 0 spiro atoms. The Balaban J connectivity index is 1.59. The number of rotatable bonds is 4. The van der Waals surface area contributed by atoms with Gasteiger partial charge < -0.3 is 9.80 Å². The molecule has 8 heteroatoms. The van der Waals surface area contributed by atoms with Gasteiger partial charge >= 0.3 is 0 Å². The van der Waals surface area contributed by atoms with Crippen LogP contribution in [0.2, 0.25) is 0 Å². The Morgan fingerprint density at radius 1 is 1.12 bits per heavy atom. The van der Waals surface area contributed by atoms with Crippen LogP contribution in [0.4, 0.5) is 0 Å². The number of aryl methyl sites for hydroxylation is 2. The fourth-order valence-corrected chi connectivity index (χ4v) is 3.45. The zero-order chi connectivity index (χ0) is 18.8. The van der Waals surface area contributed by atoms with Crippen LogP contribution in [0.5, 0.6) is 0 Å². The highest BCUT2D eigenvalue weighted by Gasteiger charge is 2.25. The Bertz CT molecular complexity index is 820. The first kappa shape index (κ1) is 18.3. The molecule has 3 heterocycles. The molecule has 2 aromatic rings. The molecule has 2 amide bonds. The second-order valence-electron chi connectivity index (χ2n) is 7.09. The Labute approximate surface area is 153 Å². The number of hydrogen-bond donors (Lipinski definition) is 0. The molecule has 1 saturated heterocycles. The molecule has 1 aliphatic rings. The second-order valence-corrected chi connectivity index (χ2v) is 7.09. The van der Waals surface area contributed by atoms with Crippen LogP contribution in [0.1, 0.15) is 37.2 Å². The number of nitrogens with zero attached hydrogens (tertiary/aromatic N) is 6. The van der Waals surface area contributed by atoms with Gasteiger partial charge in [-0.3, -0.25) is 9.59 Å². The number of aromatic nitrogens is 4. The van der Waals surface area contributed by atoms with Crippen LogP contribution in [0.15, 0.2) is 6.33 Å². The van der Waals surface area contributed by atoms with Gasteiger partial charge in [-0.25, -0.2) is 9.50 Å². The van der Waals surface area contributed by atoms with Crippen LogP contribution in [0.25, 0.3) is 5.78 Å². The van der Waals surface area contributed by atoms with E-state index in [9.17, 15) is 9.59 Å². The summed E-state index contributed by atoms with van der Waals surface area (Å²) < 4.78 is 1.71. The molecule has 0 saturated carbocycles. The van der Waals surface area contributed by atoms with Crippen LogP contribution in [0.3, 0.4) is 0 Å². The molecule has 8 nitrogen and oxygen atoms in total. The van der Waals surface area contributed by atoms with Crippen molar-refractivity contribution in [3.05, 3.63) is 23.3 Å². The third-order valence-corrected chi connectivity index (χ3v) is 5.02. The summed E-state index contributed by atoms with van der Waals surface area (Å²) in [7, 11) is 0. The number of carbonyl (C=O) groups excluding carboxylic acids is 2. The largest absolute Gasteiger partial charge is 0.339 e. The highest BCUT2D eigenvalue weighted by atomic mass is 16.2. The number of hydrogen-bond acceptors (Lipinski definition) is 5. The van der Waals surface area contributed by atoms with E-state index in [1.807, 2.05) is 37.5 Å². The van der Waals surface area contributed by atoms with E-state index in [2.05, 4.69) is 15.1 Å². The summed E-state index contributed by atoms with van der Waals surface area (Å²) in [4.78, 5) is 36.9. The molecule has 1 aliphatic heterocycles. The van der Waals surface area contributed by atoms with Gasteiger partial charge in [0.05, 0.1) is 0 Å². The van der Waals surface area contributed by atoms with E-state index in [1.165, 1.54) is 6.33 Å². The fourth-order valence-electron chi connectivity index (χ4n) is 3.45. The van der Waals surface area contributed by atoms with Crippen molar-refractivity contribution in [1.82, 2.24) is 29.4 Å². The zero-order valence-electron chi connectivity index (χ0n) is 15.9. The van der Waals surface area contributed by atoms with E-state index in [0.29, 0.717) is 44.8 Å². The van der Waals surface area contributed by atoms with Crippen LogP contribution in [-0.2, 0) is 16.0 Å². The molecule has 3 rings (SSSR count). The van der Waals surface area contributed by atoms with Gasteiger partial charge in [0.25, 0.3) is 5.78 Å². The molecule has 0 unspecified atom stereocenters. The van der Waals surface area contributed by atoms with Gasteiger partial charge in [0.1, 0.15) is 6.33 Å². The number of piperazine rings is 1. The minimum Gasteiger partial charge on any atom is -0.339 e. The second kappa shape index (κ2) is 7.39. The molecule has 0 radical (unpaired) electrons. The fraction of sp³-hybridized carbons (Fsp3) is 0.611. The highest BCUT2D eigenvalue weighted by molar-refractivity contribution is 5.79. The standard InChI is InChI=1S/C18H26N6O2/c1-12(2)17(26)23-9-7-22(8-10-23)16(25)6-5-15-13(3)21-18-19-11-20-24(18)14(15)4/h11-12H,5-10H2,1-4H3. The molecule has 2 aromatic heterocycles. The van der Waals surface area contributed by atoms with Gasteiger partial charge in [-0.2, -0.15) is 10.1 Å². The topological polar surface area (TPSA) is 83.7 Å². The first-order valence-corrected chi connectivity index (χ1v) is 9.11. The minimum atomic E-state index is 0.00223. The summed E-state index contributed by atoms with van der Waals surface area (Å²) in [5.74, 6) is 0.873. The lowest BCUT2D eigenvalue weighted by atomic mass is 10.1. The van der Waals surface area contributed by atoms with Crippen LogP contribution < -0.4 is 0 Å². The van der Waals surface area contributed by atoms with Crippen molar-refractivity contribution >= 4 is 17.6 Å². The van der Waals surface area contributed by atoms with Crippen molar-refractivity contribution < 1.29 is 9.59 Å². The molecule has 140 valence electrons. The van der Waals surface area contributed by atoms with Crippen molar-refractivity contribution in [2.75, 3.05) is 26.2 Å². The lowest BCUT2D eigenvalue weighted by molar-refractivity contribution is -0.141. The van der Waals surface area contributed by atoms with E-state index in [0.717, 1.165) is 17.0 Å². The summed E-state index contributed by atoms with van der Waals surface area (Å²) in [5, 5.41) is 4.19. The maximum absolute atomic E-state index is 12.6. The lowest BCUT2D eigenvalue weighted by Crippen LogP contribution is -2.51. The molecule has 0 aliphatic carbocycles. The molecule has 0 aromatic carbocycles. The summed E-state index contributed by atoms with van der Waals surface area (Å²) >= 11 is 0. The molecule has 1 fully saturated rings. The molecule has 0 bridgehead atoms. The Morgan fingerprint density at radius 3 is 2.42 bits per heavy atom. The molecule has 26 heavy (non-hydrogen) atoms.